The molecule has 40 heavy (non-hydrogen) atoms. The van der Waals surface area contributed by atoms with Gasteiger partial charge in [-0.15, -0.1) is 9.24 Å². The Labute approximate surface area is 241 Å². The van der Waals surface area contributed by atoms with Crippen LogP contribution in [0.25, 0.3) is 18.2 Å². The van der Waals surface area contributed by atoms with Crippen LogP contribution in [0.5, 0.6) is 0 Å². The number of aromatic nitrogens is 5. The first kappa shape index (κ1) is 30.0. The lowest BCUT2D eigenvalue weighted by molar-refractivity contribution is 0.195. The summed E-state index contributed by atoms with van der Waals surface area (Å²) in [5, 5.41) is 6.08. The zero-order chi connectivity index (χ0) is 29.2. The van der Waals surface area contributed by atoms with Crippen molar-refractivity contribution < 1.29 is 0 Å². The van der Waals surface area contributed by atoms with Gasteiger partial charge >= 0.3 is 0 Å². The van der Waals surface area contributed by atoms with E-state index in [1.807, 2.05) is 38.5 Å². The molecule has 3 aromatic heterocycles. The van der Waals surface area contributed by atoms with Crippen molar-refractivity contribution in [2.75, 3.05) is 39.0 Å². The molecule has 0 spiro atoms. The average Bonchev–Trinajstić information content (AvgIpc) is 3.31. The molecule has 0 aromatic carbocycles. The first-order chi connectivity index (χ1) is 18.9. The molecule has 2 atom stereocenters. The maximum absolute atomic E-state index is 4.61. The molecule has 8 nitrogen and oxygen atoms in total. The van der Waals surface area contributed by atoms with Crippen molar-refractivity contribution in [2.45, 2.75) is 54.1 Å². The van der Waals surface area contributed by atoms with Gasteiger partial charge in [-0.1, -0.05) is 26.5 Å². The largest absolute Gasteiger partial charge is 0.326 e. The molecule has 0 amide bonds. The van der Waals surface area contributed by atoms with Crippen LogP contribution in [0.1, 0.15) is 57.6 Å². The van der Waals surface area contributed by atoms with Gasteiger partial charge in [-0.3, -0.25) is 0 Å². The number of allylic oxidation sites excluding steroid dienone is 2. The molecule has 1 aliphatic rings. The molecule has 0 bridgehead atoms. The molecule has 214 valence electrons. The highest BCUT2D eigenvalue weighted by Gasteiger charge is 2.37. The van der Waals surface area contributed by atoms with E-state index in [2.05, 4.69) is 109 Å². The van der Waals surface area contributed by atoms with E-state index in [1.54, 1.807) is 0 Å². The maximum atomic E-state index is 4.61. The van der Waals surface area contributed by atoms with Gasteiger partial charge in [0, 0.05) is 56.4 Å². The third kappa shape index (κ3) is 6.85. The van der Waals surface area contributed by atoms with Crippen LogP contribution in [0.3, 0.4) is 0 Å². The monoisotopic (exact) mass is 560 g/mol. The van der Waals surface area contributed by atoms with E-state index in [4.69, 9.17) is 0 Å². The average molecular weight is 561 g/mol. The third-order valence-electron chi connectivity index (χ3n) is 7.81. The van der Waals surface area contributed by atoms with Gasteiger partial charge in [-0.05, 0) is 81.7 Å². The summed E-state index contributed by atoms with van der Waals surface area (Å²) in [6.45, 7) is 21.5. The van der Waals surface area contributed by atoms with Crippen molar-refractivity contribution in [1.29, 1.82) is 0 Å². The van der Waals surface area contributed by atoms with E-state index in [0.717, 1.165) is 64.7 Å². The zero-order valence-corrected chi connectivity index (χ0v) is 26.5. The van der Waals surface area contributed by atoms with E-state index in [-0.39, 0.29) is 6.04 Å². The number of aryl methyl sites for hydroxylation is 1. The predicted octanol–water partition coefficient (Wildman–Crippen LogP) is 3.52. The highest BCUT2D eigenvalue weighted by atomic mass is 31.0. The SMILES string of the molecule is C=c1nc(C)n(C(C)C)/c1=C/C(=C\C)c1cc(Nc2ncc(CN(C)C[C@H]3CN(C)CC3(C)C)cn2)ncc1P. The molecular weight excluding hydrogens is 515 g/mol. The second kappa shape index (κ2) is 12.3. The molecule has 9 heteroatoms. The second-order valence-electron chi connectivity index (χ2n) is 12.1. The molecule has 3 aromatic rings. The van der Waals surface area contributed by atoms with Crippen LogP contribution in [0.2, 0.25) is 0 Å². The Balaban J connectivity index is 1.48. The summed E-state index contributed by atoms with van der Waals surface area (Å²) in [6, 6.07) is 2.32. The second-order valence-corrected chi connectivity index (χ2v) is 12.7. The third-order valence-corrected chi connectivity index (χ3v) is 8.27. The Hall–Kier alpha value is -2.93. The van der Waals surface area contributed by atoms with Gasteiger partial charge < -0.3 is 19.7 Å². The van der Waals surface area contributed by atoms with E-state index < -0.39 is 0 Å². The van der Waals surface area contributed by atoms with E-state index in [1.165, 1.54) is 0 Å². The maximum Gasteiger partial charge on any atom is 0.228 e. The summed E-state index contributed by atoms with van der Waals surface area (Å²) in [4.78, 5) is 23.2. The Morgan fingerprint density at radius 2 is 1.95 bits per heavy atom. The molecule has 1 fully saturated rings. The number of hydrogen-bond acceptors (Lipinski definition) is 7. The summed E-state index contributed by atoms with van der Waals surface area (Å²) in [5.41, 5.74) is 3.55. The summed E-state index contributed by atoms with van der Waals surface area (Å²) in [5.74, 6) is 2.83. The summed E-state index contributed by atoms with van der Waals surface area (Å²) in [6.07, 6.45) is 9.91. The fraction of sp³-hybridized carbons (Fsp3) is 0.484. The van der Waals surface area contributed by atoms with Crippen molar-refractivity contribution in [3.8, 4) is 0 Å². The first-order valence-corrected chi connectivity index (χ1v) is 14.6. The topological polar surface area (TPSA) is 75.0 Å². The van der Waals surface area contributed by atoms with Crippen LogP contribution in [0.4, 0.5) is 11.8 Å². The minimum Gasteiger partial charge on any atom is -0.326 e. The van der Waals surface area contributed by atoms with Crippen molar-refractivity contribution >= 4 is 44.5 Å². The highest BCUT2D eigenvalue weighted by Crippen LogP contribution is 2.34. The molecule has 0 radical (unpaired) electrons. The van der Waals surface area contributed by atoms with Crippen molar-refractivity contribution in [3.63, 3.8) is 0 Å². The van der Waals surface area contributed by atoms with Gasteiger partial charge in [0.15, 0.2) is 0 Å². The van der Waals surface area contributed by atoms with Gasteiger partial charge in [0.05, 0.1) is 10.7 Å². The molecule has 4 rings (SSSR count). The van der Waals surface area contributed by atoms with Gasteiger partial charge in [0.25, 0.3) is 0 Å². The summed E-state index contributed by atoms with van der Waals surface area (Å²) >= 11 is 0. The van der Waals surface area contributed by atoms with Crippen molar-refractivity contribution in [3.05, 3.63) is 58.4 Å². The lowest BCUT2D eigenvalue weighted by Gasteiger charge is -2.29. The Kier molecular flexibility index (Phi) is 9.23. The molecule has 1 saturated heterocycles. The molecular formula is C31H45N8P. The molecule has 1 unspecified atom stereocenters. The molecule has 1 N–H and O–H groups in total. The van der Waals surface area contributed by atoms with Gasteiger partial charge in [-0.25, -0.2) is 19.9 Å². The highest BCUT2D eigenvalue weighted by molar-refractivity contribution is 7.27. The van der Waals surface area contributed by atoms with Crippen LogP contribution >= 0.6 is 9.24 Å². The normalized spacial score (nSPS) is 18.3. The number of hydrogen-bond donors (Lipinski definition) is 1. The van der Waals surface area contributed by atoms with Crippen LogP contribution in [0, 0.1) is 18.3 Å². The van der Waals surface area contributed by atoms with Crippen LogP contribution in [0.15, 0.2) is 30.7 Å². The fourth-order valence-electron chi connectivity index (χ4n) is 5.86. The quantitative estimate of drug-likeness (QED) is 0.402. The Morgan fingerprint density at radius 3 is 2.55 bits per heavy atom. The number of rotatable bonds is 9. The summed E-state index contributed by atoms with van der Waals surface area (Å²) in [7, 11) is 7.19. The molecule has 0 aliphatic carbocycles. The molecule has 1 aliphatic heterocycles. The number of nitrogens with one attached hydrogen (secondary N) is 1. The minimum absolute atomic E-state index is 0.286. The van der Waals surface area contributed by atoms with Crippen LogP contribution in [-0.2, 0) is 6.54 Å². The van der Waals surface area contributed by atoms with Gasteiger partial charge in [0.2, 0.25) is 5.95 Å². The predicted molar refractivity (Wildman–Crippen MR) is 170 cm³/mol. The van der Waals surface area contributed by atoms with E-state index >= 15 is 0 Å². The lowest BCUT2D eigenvalue weighted by Crippen LogP contribution is -2.33. The number of nitrogens with zero attached hydrogens (tertiary/aromatic N) is 7. The number of imidazole rings is 1. The van der Waals surface area contributed by atoms with Crippen molar-refractivity contribution in [2.24, 2.45) is 11.3 Å². The van der Waals surface area contributed by atoms with Crippen molar-refractivity contribution in [1.82, 2.24) is 34.3 Å². The summed E-state index contributed by atoms with van der Waals surface area (Å²) < 4.78 is 2.22. The number of anilines is 2. The van der Waals surface area contributed by atoms with Gasteiger partial charge in [0.1, 0.15) is 11.6 Å². The lowest BCUT2D eigenvalue weighted by atomic mass is 9.82. The smallest absolute Gasteiger partial charge is 0.228 e. The Morgan fingerprint density at radius 1 is 1.25 bits per heavy atom. The van der Waals surface area contributed by atoms with E-state index in [9.17, 15) is 0 Å². The van der Waals surface area contributed by atoms with Gasteiger partial charge in [-0.2, -0.15) is 0 Å². The number of pyridine rings is 1. The fourth-order valence-corrected chi connectivity index (χ4v) is 6.18. The van der Waals surface area contributed by atoms with E-state index in [0.29, 0.717) is 23.1 Å². The zero-order valence-electron chi connectivity index (χ0n) is 25.4. The minimum atomic E-state index is 0.286. The number of likely N-dealkylation sites (tertiary alicyclic amines) is 1. The van der Waals surface area contributed by atoms with Crippen LogP contribution in [-0.4, -0.2) is 68.0 Å². The molecule has 4 heterocycles. The van der Waals surface area contributed by atoms with Crippen LogP contribution < -0.4 is 21.3 Å². The Bertz CT molecular complexity index is 1470. The standard InChI is InChI=1S/C31H45N8P/c1-10-24(11-27-21(4)35-22(5)39(27)20(2)3)26-12-29(32-15-28(26)40)36-30-33-13-23(14-34-30)16-37(8)17-25-18-38(9)19-31(25,6)7/h10-15,20,25H,4,16-19,40H2,1-3,5-9H3,(H,32,33,34,36)/b24-10+,27-11+/t25-/m0/s1. The first-order valence-electron chi connectivity index (χ1n) is 14.0. The molecule has 0 saturated carbocycles.